The van der Waals surface area contributed by atoms with E-state index in [9.17, 15) is 14.4 Å². The van der Waals surface area contributed by atoms with Crippen LogP contribution in [0.4, 0.5) is 0 Å². The number of rotatable bonds is 56. The van der Waals surface area contributed by atoms with Crippen molar-refractivity contribution in [3.63, 3.8) is 0 Å². The molecule has 0 aliphatic rings. The molecule has 0 spiro atoms. The first-order chi connectivity index (χ1) is 35.5. The van der Waals surface area contributed by atoms with Crippen molar-refractivity contribution in [3.8, 4) is 0 Å². The average Bonchev–Trinajstić information content (AvgIpc) is 3.38. The van der Waals surface area contributed by atoms with E-state index in [4.69, 9.17) is 14.2 Å². The summed E-state index contributed by atoms with van der Waals surface area (Å²) in [5.41, 5.74) is 0. The molecular weight excluding hydrogens is 889 g/mol. The third-order valence-electron chi connectivity index (χ3n) is 13.4. The van der Waals surface area contributed by atoms with Crippen molar-refractivity contribution in [1.82, 2.24) is 0 Å². The topological polar surface area (TPSA) is 78.9 Å². The number of hydrogen-bond acceptors (Lipinski definition) is 6. The van der Waals surface area contributed by atoms with Crippen LogP contribution in [0.15, 0.2) is 72.9 Å². The average molecular weight is 1010 g/mol. The second-order valence-corrected chi connectivity index (χ2v) is 20.6. The van der Waals surface area contributed by atoms with Gasteiger partial charge in [-0.3, -0.25) is 14.4 Å². The fourth-order valence-electron chi connectivity index (χ4n) is 8.71. The van der Waals surface area contributed by atoms with Gasteiger partial charge in [-0.1, -0.05) is 248 Å². The van der Waals surface area contributed by atoms with Crippen LogP contribution in [0.5, 0.6) is 0 Å². The van der Waals surface area contributed by atoms with Crippen molar-refractivity contribution in [1.29, 1.82) is 0 Å². The first-order valence-corrected chi connectivity index (χ1v) is 30.9. The Balaban J connectivity index is 4.25. The van der Waals surface area contributed by atoms with Crippen molar-refractivity contribution in [2.45, 2.75) is 316 Å². The highest BCUT2D eigenvalue weighted by Gasteiger charge is 2.19. The molecule has 0 saturated carbocycles. The Morgan fingerprint density at radius 1 is 0.278 bits per heavy atom. The molecule has 0 fully saturated rings. The highest BCUT2D eigenvalue weighted by Crippen LogP contribution is 2.16. The lowest BCUT2D eigenvalue weighted by molar-refractivity contribution is -0.167. The van der Waals surface area contributed by atoms with Gasteiger partial charge in [-0.05, 0) is 116 Å². The molecule has 0 heterocycles. The molecule has 6 nitrogen and oxygen atoms in total. The maximum Gasteiger partial charge on any atom is 0.306 e. The van der Waals surface area contributed by atoms with Crippen molar-refractivity contribution in [3.05, 3.63) is 72.9 Å². The molecule has 0 rings (SSSR count). The van der Waals surface area contributed by atoms with Gasteiger partial charge in [0, 0.05) is 19.3 Å². The first kappa shape index (κ1) is 68.8. The Morgan fingerprint density at radius 2 is 0.500 bits per heavy atom. The summed E-state index contributed by atoms with van der Waals surface area (Å²) in [5, 5.41) is 0. The summed E-state index contributed by atoms with van der Waals surface area (Å²) in [6.07, 6.45) is 77.6. The smallest absolute Gasteiger partial charge is 0.306 e. The summed E-state index contributed by atoms with van der Waals surface area (Å²) in [7, 11) is 0. The van der Waals surface area contributed by atoms with Crippen LogP contribution < -0.4 is 0 Å². The second kappa shape index (κ2) is 60.4. The Labute approximate surface area is 446 Å². The molecule has 0 amide bonds. The Morgan fingerprint density at radius 3 is 0.819 bits per heavy atom. The number of carbonyl (C=O) groups excluding carboxylic acids is 3. The molecule has 1 atom stereocenters. The van der Waals surface area contributed by atoms with Crippen molar-refractivity contribution < 1.29 is 28.6 Å². The molecule has 0 aromatic heterocycles. The highest BCUT2D eigenvalue weighted by atomic mass is 16.6. The van der Waals surface area contributed by atoms with Gasteiger partial charge in [-0.25, -0.2) is 0 Å². The Hall–Kier alpha value is -3.15. The highest BCUT2D eigenvalue weighted by molar-refractivity contribution is 5.71. The SMILES string of the molecule is CCCCC/C=C\C/C=C\CCCCCCCC(=O)OC(COC(=O)CCCCCCC/C=C\CCCCC)COC(=O)CCCCCCCCCCCCCC/C=C\C/C=C\C/C=C\CCCCCCC. The largest absolute Gasteiger partial charge is 0.462 e. The lowest BCUT2D eigenvalue weighted by Gasteiger charge is -2.18. The molecule has 0 radical (unpaired) electrons. The molecule has 0 aliphatic heterocycles. The fourth-order valence-corrected chi connectivity index (χ4v) is 8.71. The normalized spacial score (nSPS) is 12.5. The Bertz CT molecular complexity index is 1340. The molecule has 0 aromatic carbocycles. The van der Waals surface area contributed by atoms with Crippen LogP contribution >= 0.6 is 0 Å². The van der Waals surface area contributed by atoms with Crippen LogP contribution in [0.3, 0.4) is 0 Å². The van der Waals surface area contributed by atoms with Gasteiger partial charge in [0.15, 0.2) is 6.10 Å². The van der Waals surface area contributed by atoms with E-state index < -0.39 is 6.10 Å². The van der Waals surface area contributed by atoms with Crippen LogP contribution in [0.25, 0.3) is 0 Å². The summed E-state index contributed by atoms with van der Waals surface area (Å²) in [6.45, 7) is 6.58. The van der Waals surface area contributed by atoms with Gasteiger partial charge >= 0.3 is 17.9 Å². The minimum atomic E-state index is -0.787. The number of allylic oxidation sites excluding steroid dienone is 12. The van der Waals surface area contributed by atoms with Crippen LogP contribution in [0.2, 0.25) is 0 Å². The molecule has 72 heavy (non-hydrogen) atoms. The summed E-state index contributed by atoms with van der Waals surface area (Å²) >= 11 is 0. The zero-order chi connectivity index (χ0) is 52.2. The number of hydrogen-bond donors (Lipinski definition) is 0. The molecule has 0 aliphatic carbocycles. The summed E-state index contributed by atoms with van der Waals surface area (Å²) in [6, 6.07) is 0. The third kappa shape index (κ3) is 57.7. The lowest BCUT2D eigenvalue weighted by atomic mass is 10.0. The van der Waals surface area contributed by atoms with E-state index in [1.807, 2.05) is 0 Å². The van der Waals surface area contributed by atoms with Gasteiger partial charge in [-0.2, -0.15) is 0 Å². The van der Waals surface area contributed by atoms with E-state index in [2.05, 4.69) is 93.7 Å². The van der Waals surface area contributed by atoms with Crippen LogP contribution in [0.1, 0.15) is 310 Å². The lowest BCUT2D eigenvalue weighted by Crippen LogP contribution is -2.30. The quantitative estimate of drug-likeness (QED) is 0.0261. The minimum absolute atomic E-state index is 0.0836. The number of carbonyl (C=O) groups is 3. The van der Waals surface area contributed by atoms with E-state index in [1.54, 1.807) is 0 Å². The number of unbranched alkanes of at least 4 members (excludes halogenated alkanes) is 33. The van der Waals surface area contributed by atoms with Gasteiger partial charge in [-0.15, -0.1) is 0 Å². The summed E-state index contributed by atoms with van der Waals surface area (Å²) in [5.74, 6) is -0.899. The predicted molar refractivity (Wildman–Crippen MR) is 311 cm³/mol. The van der Waals surface area contributed by atoms with Crippen LogP contribution in [-0.4, -0.2) is 37.2 Å². The maximum absolute atomic E-state index is 12.9. The van der Waals surface area contributed by atoms with Gasteiger partial charge < -0.3 is 14.2 Å². The zero-order valence-corrected chi connectivity index (χ0v) is 47.7. The van der Waals surface area contributed by atoms with Crippen LogP contribution in [-0.2, 0) is 28.6 Å². The first-order valence-electron chi connectivity index (χ1n) is 30.9. The number of esters is 3. The van der Waals surface area contributed by atoms with Gasteiger partial charge in [0.05, 0.1) is 0 Å². The molecule has 1 unspecified atom stereocenters. The van der Waals surface area contributed by atoms with E-state index in [0.29, 0.717) is 19.3 Å². The third-order valence-corrected chi connectivity index (χ3v) is 13.4. The fraction of sp³-hybridized carbons (Fsp3) is 0.773. The minimum Gasteiger partial charge on any atom is -0.462 e. The molecule has 416 valence electrons. The van der Waals surface area contributed by atoms with Gasteiger partial charge in [0.2, 0.25) is 0 Å². The maximum atomic E-state index is 12.9. The molecule has 0 saturated heterocycles. The van der Waals surface area contributed by atoms with E-state index in [-0.39, 0.29) is 31.1 Å². The molecule has 0 bridgehead atoms. The van der Waals surface area contributed by atoms with E-state index in [1.165, 1.54) is 167 Å². The monoisotopic (exact) mass is 1000 g/mol. The zero-order valence-electron chi connectivity index (χ0n) is 47.7. The summed E-state index contributed by atoms with van der Waals surface area (Å²) < 4.78 is 16.9. The van der Waals surface area contributed by atoms with E-state index in [0.717, 1.165) is 103 Å². The van der Waals surface area contributed by atoms with Gasteiger partial charge in [0.25, 0.3) is 0 Å². The molecule has 6 heteroatoms. The van der Waals surface area contributed by atoms with Crippen molar-refractivity contribution in [2.75, 3.05) is 13.2 Å². The summed E-state index contributed by atoms with van der Waals surface area (Å²) in [4.78, 5) is 38.2. The van der Waals surface area contributed by atoms with Crippen molar-refractivity contribution >= 4 is 17.9 Å². The molecule has 0 N–H and O–H groups in total. The van der Waals surface area contributed by atoms with E-state index >= 15 is 0 Å². The Kier molecular flexibility index (Phi) is 57.8. The van der Waals surface area contributed by atoms with Gasteiger partial charge in [0.1, 0.15) is 13.2 Å². The standard InChI is InChI=1S/C66H116O6/c1-4-7-10-13-16-19-22-25-27-28-29-30-31-32-33-34-35-36-37-38-40-41-44-47-50-53-56-59-65(68)71-62-63(61-70-64(67)58-55-52-49-46-43-24-21-18-15-12-9-6-3)72-66(69)60-57-54-51-48-45-42-39-26-23-20-17-14-11-8-5-2/h17-18,20-22,25-26,28-29,31-32,39,63H,4-16,19,23-24,27,30,33-38,40-62H2,1-3H3/b20-17-,21-18-,25-22-,29-28-,32-31-,39-26-. The second-order valence-electron chi connectivity index (χ2n) is 20.6. The molecular formula is C66H116O6. The van der Waals surface area contributed by atoms with Crippen LogP contribution in [0, 0.1) is 0 Å². The predicted octanol–water partition coefficient (Wildman–Crippen LogP) is 20.9. The number of ether oxygens (including phenoxy) is 3. The molecule has 0 aromatic rings. The van der Waals surface area contributed by atoms with Crippen molar-refractivity contribution in [2.24, 2.45) is 0 Å².